The summed E-state index contributed by atoms with van der Waals surface area (Å²) in [7, 11) is 0. The van der Waals surface area contributed by atoms with Gasteiger partial charge in [-0.05, 0) is 33.3 Å². The smallest absolute Gasteiger partial charge is 0.252 e. The lowest BCUT2D eigenvalue weighted by Gasteiger charge is -2.03. The highest BCUT2D eigenvalue weighted by Gasteiger charge is 2.28. The third-order valence-corrected chi connectivity index (χ3v) is 2.14. The topological polar surface area (TPSA) is 29.1 Å². The van der Waals surface area contributed by atoms with Crippen molar-refractivity contribution in [2.45, 2.75) is 33.7 Å². The SMILES string of the molecule is C/C=C1\C(=C(C)C)C(=O)NC1C. The van der Waals surface area contributed by atoms with Crippen LogP contribution in [0, 0.1) is 0 Å². The number of hydrogen-bond donors (Lipinski definition) is 1. The third kappa shape index (κ3) is 1.29. The summed E-state index contributed by atoms with van der Waals surface area (Å²) in [5, 5.41) is 2.88. The first kappa shape index (κ1) is 9.04. The van der Waals surface area contributed by atoms with Gasteiger partial charge in [0, 0.05) is 5.57 Å². The Kier molecular flexibility index (Phi) is 2.36. The largest absolute Gasteiger partial charge is 0.345 e. The fourth-order valence-corrected chi connectivity index (χ4v) is 1.60. The van der Waals surface area contributed by atoms with E-state index in [1.165, 1.54) is 0 Å². The van der Waals surface area contributed by atoms with Gasteiger partial charge in [-0.25, -0.2) is 0 Å². The van der Waals surface area contributed by atoms with E-state index in [0.29, 0.717) is 0 Å². The molecule has 1 saturated heterocycles. The molecule has 1 amide bonds. The molecule has 1 rings (SSSR count). The molecule has 1 fully saturated rings. The van der Waals surface area contributed by atoms with E-state index in [1.54, 1.807) is 0 Å². The number of carbonyl (C=O) groups is 1. The Hall–Kier alpha value is -1.05. The third-order valence-electron chi connectivity index (χ3n) is 2.14. The predicted molar refractivity (Wildman–Crippen MR) is 49.7 cm³/mol. The summed E-state index contributed by atoms with van der Waals surface area (Å²) in [5.41, 5.74) is 3.08. The van der Waals surface area contributed by atoms with Gasteiger partial charge in [0.2, 0.25) is 0 Å². The van der Waals surface area contributed by atoms with Gasteiger partial charge in [0.1, 0.15) is 0 Å². The minimum Gasteiger partial charge on any atom is -0.345 e. The van der Waals surface area contributed by atoms with Gasteiger partial charge in [-0.15, -0.1) is 0 Å². The summed E-state index contributed by atoms with van der Waals surface area (Å²) >= 11 is 0. The molecule has 0 aliphatic carbocycles. The summed E-state index contributed by atoms with van der Waals surface area (Å²) in [4.78, 5) is 11.4. The highest BCUT2D eigenvalue weighted by Crippen LogP contribution is 2.24. The maximum absolute atomic E-state index is 11.4. The van der Waals surface area contributed by atoms with Crippen LogP contribution in [0.3, 0.4) is 0 Å². The maximum Gasteiger partial charge on any atom is 0.252 e. The highest BCUT2D eigenvalue weighted by molar-refractivity contribution is 6.02. The molecule has 1 unspecified atom stereocenters. The number of rotatable bonds is 0. The quantitative estimate of drug-likeness (QED) is 0.545. The molecule has 0 aromatic rings. The van der Waals surface area contributed by atoms with Crippen LogP contribution in [0.15, 0.2) is 22.8 Å². The molecule has 1 N–H and O–H groups in total. The van der Waals surface area contributed by atoms with E-state index in [0.717, 1.165) is 16.7 Å². The second kappa shape index (κ2) is 3.13. The molecule has 0 aromatic heterocycles. The van der Waals surface area contributed by atoms with Gasteiger partial charge in [0.25, 0.3) is 5.91 Å². The highest BCUT2D eigenvalue weighted by atomic mass is 16.2. The van der Waals surface area contributed by atoms with Crippen LogP contribution in [0.4, 0.5) is 0 Å². The van der Waals surface area contributed by atoms with E-state index >= 15 is 0 Å². The van der Waals surface area contributed by atoms with Crippen molar-refractivity contribution in [1.29, 1.82) is 0 Å². The average Bonchev–Trinajstić information content (AvgIpc) is 2.24. The lowest BCUT2D eigenvalue weighted by Crippen LogP contribution is -2.22. The van der Waals surface area contributed by atoms with Crippen molar-refractivity contribution in [3.8, 4) is 0 Å². The van der Waals surface area contributed by atoms with E-state index in [2.05, 4.69) is 5.32 Å². The molecular weight excluding hydrogens is 150 g/mol. The molecule has 1 aliphatic rings. The van der Waals surface area contributed by atoms with Gasteiger partial charge < -0.3 is 5.32 Å². The number of amides is 1. The Bertz CT molecular complexity index is 270. The van der Waals surface area contributed by atoms with Gasteiger partial charge in [-0.3, -0.25) is 4.79 Å². The summed E-state index contributed by atoms with van der Waals surface area (Å²) in [6.07, 6.45) is 2.00. The monoisotopic (exact) mass is 165 g/mol. The zero-order chi connectivity index (χ0) is 9.30. The fourth-order valence-electron chi connectivity index (χ4n) is 1.60. The zero-order valence-electron chi connectivity index (χ0n) is 8.06. The van der Waals surface area contributed by atoms with Crippen LogP contribution in [0.2, 0.25) is 0 Å². The minimum atomic E-state index is 0.0654. The first-order valence-corrected chi connectivity index (χ1v) is 4.22. The van der Waals surface area contributed by atoms with Gasteiger partial charge in [0.15, 0.2) is 0 Å². The van der Waals surface area contributed by atoms with Gasteiger partial charge in [0.05, 0.1) is 6.04 Å². The first-order chi connectivity index (χ1) is 5.57. The van der Waals surface area contributed by atoms with E-state index < -0.39 is 0 Å². The van der Waals surface area contributed by atoms with Crippen LogP contribution < -0.4 is 5.32 Å². The first-order valence-electron chi connectivity index (χ1n) is 4.22. The fraction of sp³-hybridized carbons (Fsp3) is 0.500. The molecule has 1 aliphatic heterocycles. The number of allylic oxidation sites excluding steroid dienone is 2. The molecule has 2 nitrogen and oxygen atoms in total. The number of hydrogen-bond acceptors (Lipinski definition) is 1. The molecule has 1 atom stereocenters. The van der Waals surface area contributed by atoms with Gasteiger partial charge >= 0.3 is 0 Å². The maximum atomic E-state index is 11.4. The summed E-state index contributed by atoms with van der Waals surface area (Å²) < 4.78 is 0. The van der Waals surface area contributed by atoms with E-state index in [9.17, 15) is 4.79 Å². The molecular formula is C10H15NO. The predicted octanol–water partition coefficient (Wildman–Crippen LogP) is 1.79. The standard InChI is InChI=1S/C10H15NO/c1-5-8-7(4)11-10(12)9(8)6(2)3/h5,7H,1-4H3,(H,11,12)/b8-5-. The van der Waals surface area contributed by atoms with Crippen molar-refractivity contribution in [2.24, 2.45) is 0 Å². The zero-order valence-corrected chi connectivity index (χ0v) is 8.06. The molecule has 1 heterocycles. The molecule has 0 bridgehead atoms. The molecule has 2 heteroatoms. The Morgan fingerprint density at radius 3 is 2.42 bits per heavy atom. The van der Waals surface area contributed by atoms with Gasteiger partial charge in [-0.1, -0.05) is 11.6 Å². The summed E-state index contributed by atoms with van der Waals surface area (Å²) in [6.45, 7) is 7.91. The van der Waals surface area contributed by atoms with Crippen LogP contribution in [-0.4, -0.2) is 11.9 Å². The number of carbonyl (C=O) groups excluding carboxylic acids is 1. The van der Waals surface area contributed by atoms with Crippen molar-refractivity contribution < 1.29 is 4.79 Å². The summed E-state index contributed by atoms with van der Waals surface area (Å²) in [6, 6.07) is 0.174. The van der Waals surface area contributed by atoms with Crippen molar-refractivity contribution >= 4 is 5.91 Å². The van der Waals surface area contributed by atoms with Crippen LogP contribution in [-0.2, 0) is 4.79 Å². The van der Waals surface area contributed by atoms with Crippen molar-refractivity contribution in [3.05, 3.63) is 22.8 Å². The van der Waals surface area contributed by atoms with Crippen LogP contribution in [0.1, 0.15) is 27.7 Å². The lowest BCUT2D eigenvalue weighted by molar-refractivity contribution is -0.116. The molecule has 0 radical (unpaired) electrons. The van der Waals surface area contributed by atoms with E-state index in [1.807, 2.05) is 33.8 Å². The lowest BCUT2D eigenvalue weighted by atomic mass is 10.0. The molecule has 0 saturated carbocycles. The van der Waals surface area contributed by atoms with Crippen molar-refractivity contribution in [3.63, 3.8) is 0 Å². The minimum absolute atomic E-state index is 0.0654. The van der Waals surface area contributed by atoms with Crippen LogP contribution >= 0.6 is 0 Å². The van der Waals surface area contributed by atoms with Crippen molar-refractivity contribution in [2.75, 3.05) is 0 Å². The van der Waals surface area contributed by atoms with Crippen LogP contribution in [0.25, 0.3) is 0 Å². The molecule has 0 spiro atoms. The van der Waals surface area contributed by atoms with Crippen LogP contribution in [0.5, 0.6) is 0 Å². The second-order valence-electron chi connectivity index (χ2n) is 3.31. The average molecular weight is 165 g/mol. The Morgan fingerprint density at radius 1 is 1.50 bits per heavy atom. The molecule has 66 valence electrons. The van der Waals surface area contributed by atoms with Crippen molar-refractivity contribution in [1.82, 2.24) is 5.32 Å². The Labute approximate surface area is 73.4 Å². The van der Waals surface area contributed by atoms with E-state index in [-0.39, 0.29) is 11.9 Å². The Morgan fingerprint density at radius 2 is 2.08 bits per heavy atom. The van der Waals surface area contributed by atoms with Gasteiger partial charge in [-0.2, -0.15) is 0 Å². The normalized spacial score (nSPS) is 26.3. The molecule has 0 aromatic carbocycles. The van der Waals surface area contributed by atoms with E-state index in [4.69, 9.17) is 0 Å². The molecule has 12 heavy (non-hydrogen) atoms. The Balaban J connectivity index is 3.17. The second-order valence-corrected chi connectivity index (χ2v) is 3.31. The summed E-state index contributed by atoms with van der Waals surface area (Å²) in [5.74, 6) is 0.0654. The number of nitrogens with one attached hydrogen (secondary N) is 1.